The second-order valence-corrected chi connectivity index (χ2v) is 5.61. The zero-order chi connectivity index (χ0) is 13.6. The fourth-order valence-corrected chi connectivity index (χ4v) is 2.71. The molecular formula is C17H16N2S. The van der Waals surface area contributed by atoms with Gasteiger partial charge in [-0.15, -0.1) is 11.3 Å². The molecule has 0 aliphatic rings. The molecule has 0 atom stereocenters. The van der Waals surface area contributed by atoms with E-state index in [1.165, 1.54) is 21.7 Å². The number of thiazole rings is 1. The van der Waals surface area contributed by atoms with Crippen molar-refractivity contribution < 1.29 is 0 Å². The van der Waals surface area contributed by atoms with E-state index < -0.39 is 0 Å². The number of aromatic nitrogens is 1. The van der Waals surface area contributed by atoms with E-state index in [0.717, 1.165) is 13.0 Å². The molecule has 0 spiro atoms. The Morgan fingerprint density at radius 2 is 1.75 bits per heavy atom. The van der Waals surface area contributed by atoms with Crippen LogP contribution in [0.5, 0.6) is 0 Å². The van der Waals surface area contributed by atoms with E-state index in [2.05, 4.69) is 64.9 Å². The summed E-state index contributed by atoms with van der Waals surface area (Å²) in [7, 11) is 0. The minimum Gasteiger partial charge on any atom is -0.380 e. The molecule has 1 N–H and O–H groups in total. The van der Waals surface area contributed by atoms with Gasteiger partial charge in [0.2, 0.25) is 0 Å². The van der Waals surface area contributed by atoms with Crippen LogP contribution in [0.1, 0.15) is 16.0 Å². The van der Waals surface area contributed by atoms with E-state index >= 15 is 0 Å². The molecule has 0 unspecified atom stereocenters. The predicted molar refractivity (Wildman–Crippen MR) is 85.1 cm³/mol. The molecule has 0 aliphatic heterocycles. The van der Waals surface area contributed by atoms with E-state index in [-0.39, 0.29) is 0 Å². The minimum atomic E-state index is 0.830. The molecule has 0 bridgehead atoms. The van der Waals surface area contributed by atoms with Crippen molar-refractivity contribution in [2.24, 2.45) is 0 Å². The van der Waals surface area contributed by atoms with Crippen molar-refractivity contribution in [3.05, 3.63) is 82.3 Å². The van der Waals surface area contributed by atoms with Crippen molar-refractivity contribution in [3.8, 4) is 0 Å². The van der Waals surface area contributed by atoms with Crippen molar-refractivity contribution >= 4 is 17.0 Å². The van der Waals surface area contributed by atoms with Crippen LogP contribution in [-0.4, -0.2) is 4.98 Å². The number of hydrogen-bond acceptors (Lipinski definition) is 3. The van der Waals surface area contributed by atoms with Crippen molar-refractivity contribution in [3.63, 3.8) is 0 Å². The average Bonchev–Trinajstić information content (AvgIpc) is 3.01. The molecule has 0 aliphatic carbocycles. The van der Waals surface area contributed by atoms with Gasteiger partial charge in [0.05, 0.1) is 12.1 Å². The normalized spacial score (nSPS) is 10.4. The van der Waals surface area contributed by atoms with Crippen LogP contribution in [-0.2, 0) is 13.0 Å². The molecule has 20 heavy (non-hydrogen) atoms. The lowest BCUT2D eigenvalue weighted by Gasteiger charge is -2.11. The van der Waals surface area contributed by atoms with Crippen LogP contribution in [0.4, 0.5) is 5.69 Å². The first-order valence-electron chi connectivity index (χ1n) is 6.65. The number of para-hydroxylation sites is 1. The van der Waals surface area contributed by atoms with E-state index in [1.54, 1.807) is 11.3 Å². The highest BCUT2D eigenvalue weighted by atomic mass is 32.1. The first-order chi connectivity index (χ1) is 9.92. The summed E-state index contributed by atoms with van der Waals surface area (Å²) in [5, 5.41) is 3.51. The lowest BCUT2D eigenvalue weighted by molar-refractivity contribution is 1.13. The molecule has 100 valence electrons. The zero-order valence-corrected chi connectivity index (χ0v) is 11.9. The summed E-state index contributed by atoms with van der Waals surface area (Å²) in [6, 6.07) is 19.0. The average molecular weight is 280 g/mol. The number of hydrogen-bond donors (Lipinski definition) is 1. The molecular weight excluding hydrogens is 264 g/mol. The van der Waals surface area contributed by atoms with Gasteiger partial charge in [-0.1, -0.05) is 48.5 Å². The van der Waals surface area contributed by atoms with E-state index in [0.29, 0.717) is 0 Å². The van der Waals surface area contributed by atoms with Gasteiger partial charge in [0.15, 0.2) is 0 Å². The predicted octanol–water partition coefficient (Wildman–Crippen LogP) is 4.35. The SMILES string of the molecule is c1ccc(Cc2ccccc2NCc2cncs2)cc1. The summed E-state index contributed by atoms with van der Waals surface area (Å²) in [6.07, 6.45) is 2.87. The van der Waals surface area contributed by atoms with Gasteiger partial charge >= 0.3 is 0 Å². The molecule has 0 fully saturated rings. The molecule has 0 amide bonds. The Labute approximate surface area is 123 Å². The van der Waals surface area contributed by atoms with Crippen LogP contribution in [0, 0.1) is 0 Å². The Kier molecular flexibility index (Phi) is 4.09. The number of nitrogens with one attached hydrogen (secondary N) is 1. The summed E-state index contributed by atoms with van der Waals surface area (Å²) in [5.41, 5.74) is 5.72. The summed E-state index contributed by atoms with van der Waals surface area (Å²) in [4.78, 5) is 5.35. The van der Waals surface area contributed by atoms with Gasteiger partial charge in [0.25, 0.3) is 0 Å². The van der Waals surface area contributed by atoms with Crippen molar-refractivity contribution in [1.82, 2.24) is 4.98 Å². The van der Waals surface area contributed by atoms with E-state index in [4.69, 9.17) is 0 Å². The molecule has 0 radical (unpaired) electrons. The van der Waals surface area contributed by atoms with Crippen molar-refractivity contribution in [2.75, 3.05) is 5.32 Å². The van der Waals surface area contributed by atoms with Gasteiger partial charge in [-0.2, -0.15) is 0 Å². The standard InChI is InChI=1S/C17H16N2S/c1-2-6-14(7-3-1)10-15-8-4-5-9-17(15)19-12-16-11-18-13-20-16/h1-9,11,13,19H,10,12H2. The van der Waals surface area contributed by atoms with Gasteiger partial charge in [0, 0.05) is 16.8 Å². The van der Waals surface area contributed by atoms with Crippen molar-refractivity contribution in [2.45, 2.75) is 13.0 Å². The summed E-state index contributed by atoms with van der Waals surface area (Å²) in [6.45, 7) is 0.830. The Morgan fingerprint density at radius 3 is 2.55 bits per heavy atom. The third kappa shape index (κ3) is 3.25. The Bertz CT molecular complexity index is 648. The molecule has 1 heterocycles. The summed E-state index contributed by atoms with van der Waals surface area (Å²) in [5.74, 6) is 0. The first-order valence-corrected chi connectivity index (χ1v) is 7.53. The van der Waals surface area contributed by atoms with Gasteiger partial charge in [0.1, 0.15) is 0 Å². The van der Waals surface area contributed by atoms with E-state index in [9.17, 15) is 0 Å². The van der Waals surface area contributed by atoms with E-state index in [1.807, 2.05) is 11.7 Å². The maximum atomic E-state index is 4.10. The quantitative estimate of drug-likeness (QED) is 0.751. The highest BCUT2D eigenvalue weighted by Crippen LogP contribution is 2.20. The molecule has 2 nitrogen and oxygen atoms in total. The van der Waals surface area contributed by atoms with Crippen molar-refractivity contribution in [1.29, 1.82) is 0 Å². The molecule has 1 aromatic heterocycles. The summed E-state index contributed by atoms with van der Waals surface area (Å²) < 4.78 is 0. The maximum absolute atomic E-state index is 4.10. The largest absolute Gasteiger partial charge is 0.380 e. The molecule has 3 rings (SSSR count). The number of nitrogens with zero attached hydrogens (tertiary/aromatic N) is 1. The van der Waals surface area contributed by atoms with Gasteiger partial charge in [-0.3, -0.25) is 4.98 Å². The van der Waals surface area contributed by atoms with Crippen LogP contribution in [0.2, 0.25) is 0 Å². The highest BCUT2D eigenvalue weighted by molar-refractivity contribution is 7.09. The molecule has 3 heteroatoms. The third-order valence-electron chi connectivity index (χ3n) is 3.19. The topological polar surface area (TPSA) is 24.9 Å². The third-order valence-corrected chi connectivity index (χ3v) is 3.97. The smallest absolute Gasteiger partial charge is 0.0794 e. The zero-order valence-electron chi connectivity index (χ0n) is 11.1. The summed E-state index contributed by atoms with van der Waals surface area (Å²) >= 11 is 1.68. The number of benzene rings is 2. The Balaban J connectivity index is 1.74. The highest BCUT2D eigenvalue weighted by Gasteiger charge is 2.03. The lowest BCUT2D eigenvalue weighted by Crippen LogP contribution is -2.01. The number of anilines is 1. The van der Waals surface area contributed by atoms with Gasteiger partial charge in [-0.25, -0.2) is 0 Å². The maximum Gasteiger partial charge on any atom is 0.0794 e. The lowest BCUT2D eigenvalue weighted by atomic mass is 10.0. The van der Waals surface area contributed by atoms with Crippen LogP contribution < -0.4 is 5.32 Å². The number of rotatable bonds is 5. The Hall–Kier alpha value is -2.13. The second-order valence-electron chi connectivity index (χ2n) is 4.64. The fourth-order valence-electron chi connectivity index (χ4n) is 2.17. The van der Waals surface area contributed by atoms with Crippen LogP contribution >= 0.6 is 11.3 Å². The van der Waals surface area contributed by atoms with Crippen LogP contribution in [0.3, 0.4) is 0 Å². The second kappa shape index (κ2) is 6.35. The molecule has 2 aromatic carbocycles. The fraction of sp³-hybridized carbons (Fsp3) is 0.118. The van der Waals surface area contributed by atoms with Crippen LogP contribution in [0.25, 0.3) is 0 Å². The Morgan fingerprint density at radius 1 is 0.950 bits per heavy atom. The van der Waals surface area contributed by atoms with Gasteiger partial charge < -0.3 is 5.32 Å². The first kappa shape index (κ1) is 12.9. The molecule has 0 saturated heterocycles. The van der Waals surface area contributed by atoms with Gasteiger partial charge in [-0.05, 0) is 23.6 Å². The monoisotopic (exact) mass is 280 g/mol. The van der Waals surface area contributed by atoms with Crippen LogP contribution in [0.15, 0.2) is 66.3 Å². The molecule has 0 saturated carbocycles. The minimum absolute atomic E-state index is 0.830. The molecule has 3 aromatic rings.